The summed E-state index contributed by atoms with van der Waals surface area (Å²) in [6, 6.07) is 9.48. The Morgan fingerprint density at radius 1 is 1.35 bits per heavy atom. The van der Waals surface area contributed by atoms with E-state index in [2.05, 4.69) is 17.2 Å². The van der Waals surface area contributed by atoms with Gasteiger partial charge in [0.05, 0.1) is 19.0 Å². The normalized spacial score (nSPS) is 10.1. The number of rotatable bonds is 4. The maximum atomic E-state index is 11.7. The van der Waals surface area contributed by atoms with Crippen LogP contribution in [-0.4, -0.2) is 18.1 Å². The van der Waals surface area contributed by atoms with E-state index in [4.69, 9.17) is 10.5 Å². The summed E-state index contributed by atoms with van der Waals surface area (Å²) < 4.78 is 4.73. The quantitative estimate of drug-likeness (QED) is 0.836. The van der Waals surface area contributed by atoms with Crippen LogP contribution in [0.1, 0.15) is 22.8 Å². The van der Waals surface area contributed by atoms with Crippen LogP contribution in [0.25, 0.3) is 0 Å². The molecule has 0 spiro atoms. The fourth-order valence-corrected chi connectivity index (χ4v) is 1.81. The Bertz CT molecular complexity index is 609. The molecular weight excluding hydrogens is 254 g/mol. The lowest BCUT2D eigenvalue weighted by Gasteiger charge is -2.10. The summed E-state index contributed by atoms with van der Waals surface area (Å²) in [5.41, 5.74) is 8.48. The average molecular weight is 271 g/mol. The van der Waals surface area contributed by atoms with Gasteiger partial charge in [-0.2, -0.15) is 0 Å². The van der Waals surface area contributed by atoms with Crippen LogP contribution in [0.15, 0.2) is 36.5 Å². The number of nitrogens with one attached hydrogen (secondary N) is 1. The second-order valence-electron chi connectivity index (χ2n) is 4.33. The molecule has 5 nitrogen and oxygen atoms in total. The molecule has 0 atom stereocenters. The highest BCUT2D eigenvalue weighted by Gasteiger charge is 2.14. The van der Waals surface area contributed by atoms with E-state index >= 15 is 0 Å². The zero-order valence-corrected chi connectivity index (χ0v) is 11.5. The first kappa shape index (κ1) is 13.9. The lowest BCUT2D eigenvalue weighted by Crippen LogP contribution is -2.08. The number of hydrogen-bond acceptors (Lipinski definition) is 5. The molecule has 2 aromatic rings. The van der Waals surface area contributed by atoms with Gasteiger partial charge in [-0.15, -0.1) is 0 Å². The molecule has 0 aliphatic carbocycles. The van der Waals surface area contributed by atoms with Crippen LogP contribution >= 0.6 is 0 Å². The van der Waals surface area contributed by atoms with E-state index in [0.29, 0.717) is 17.1 Å². The van der Waals surface area contributed by atoms with Crippen molar-refractivity contribution in [3.8, 4) is 0 Å². The molecule has 0 bridgehead atoms. The van der Waals surface area contributed by atoms with Crippen molar-refractivity contribution in [3.05, 3.63) is 47.7 Å². The Morgan fingerprint density at radius 3 is 2.65 bits per heavy atom. The van der Waals surface area contributed by atoms with Gasteiger partial charge in [-0.3, -0.25) is 0 Å². The van der Waals surface area contributed by atoms with Gasteiger partial charge in [0.15, 0.2) is 0 Å². The number of pyridine rings is 1. The van der Waals surface area contributed by atoms with Crippen molar-refractivity contribution in [2.45, 2.75) is 13.3 Å². The largest absolute Gasteiger partial charge is 0.465 e. The van der Waals surface area contributed by atoms with E-state index in [9.17, 15) is 4.79 Å². The molecule has 0 fully saturated rings. The minimum atomic E-state index is -0.475. The predicted octanol–water partition coefficient (Wildman–Crippen LogP) is 2.76. The Morgan fingerprint density at radius 2 is 2.05 bits per heavy atom. The molecule has 2 rings (SSSR count). The molecule has 0 saturated heterocycles. The number of anilines is 3. The third-order valence-electron chi connectivity index (χ3n) is 2.94. The maximum absolute atomic E-state index is 11.7. The Hall–Kier alpha value is -2.56. The van der Waals surface area contributed by atoms with E-state index in [1.807, 2.05) is 24.3 Å². The highest BCUT2D eigenvalue weighted by molar-refractivity contribution is 5.96. The summed E-state index contributed by atoms with van der Waals surface area (Å²) in [6.07, 6.45) is 2.48. The second-order valence-corrected chi connectivity index (χ2v) is 4.33. The molecule has 0 saturated carbocycles. The number of ether oxygens (including phenoxy) is 1. The monoisotopic (exact) mass is 271 g/mol. The topological polar surface area (TPSA) is 77.2 Å². The van der Waals surface area contributed by atoms with E-state index in [1.54, 1.807) is 6.07 Å². The van der Waals surface area contributed by atoms with Gasteiger partial charge < -0.3 is 15.8 Å². The van der Waals surface area contributed by atoms with E-state index in [0.717, 1.165) is 12.1 Å². The lowest BCUT2D eigenvalue weighted by atomic mass is 10.1. The van der Waals surface area contributed by atoms with Gasteiger partial charge >= 0.3 is 5.97 Å². The zero-order chi connectivity index (χ0) is 14.5. The van der Waals surface area contributed by atoms with Gasteiger partial charge in [0.2, 0.25) is 0 Å². The van der Waals surface area contributed by atoms with Crippen LogP contribution in [-0.2, 0) is 11.2 Å². The smallest absolute Gasteiger partial charge is 0.341 e. The number of aromatic nitrogens is 1. The van der Waals surface area contributed by atoms with Crippen LogP contribution in [0, 0.1) is 0 Å². The van der Waals surface area contributed by atoms with Crippen LogP contribution in [0.2, 0.25) is 0 Å². The lowest BCUT2D eigenvalue weighted by molar-refractivity contribution is 0.0601. The van der Waals surface area contributed by atoms with Crippen LogP contribution in [0.5, 0.6) is 0 Å². The summed E-state index contributed by atoms with van der Waals surface area (Å²) >= 11 is 0. The summed E-state index contributed by atoms with van der Waals surface area (Å²) in [5.74, 6) is -0.0484. The van der Waals surface area contributed by atoms with Crippen LogP contribution in [0.3, 0.4) is 0 Å². The number of esters is 1. The number of benzene rings is 1. The fourth-order valence-electron chi connectivity index (χ4n) is 1.81. The van der Waals surface area contributed by atoms with Crippen molar-refractivity contribution < 1.29 is 9.53 Å². The third kappa shape index (κ3) is 3.06. The molecule has 0 aliphatic heterocycles. The number of methoxy groups -OCH3 is 1. The number of nitrogens with zero attached hydrogens (tertiary/aromatic N) is 1. The highest BCUT2D eigenvalue weighted by atomic mass is 16.5. The molecule has 104 valence electrons. The molecule has 20 heavy (non-hydrogen) atoms. The number of hydrogen-bond donors (Lipinski definition) is 2. The molecular formula is C15H17N3O2. The van der Waals surface area contributed by atoms with Crippen LogP contribution in [0.4, 0.5) is 17.2 Å². The van der Waals surface area contributed by atoms with E-state index in [1.165, 1.54) is 18.9 Å². The predicted molar refractivity (Wildman–Crippen MR) is 79.1 cm³/mol. The third-order valence-corrected chi connectivity index (χ3v) is 2.94. The number of carbonyl (C=O) groups is 1. The van der Waals surface area contributed by atoms with Gasteiger partial charge in [0, 0.05) is 5.69 Å². The van der Waals surface area contributed by atoms with Gasteiger partial charge in [-0.05, 0) is 30.2 Å². The number of nitrogens with two attached hydrogens (primary N) is 1. The van der Waals surface area contributed by atoms with Crippen molar-refractivity contribution in [1.82, 2.24) is 4.98 Å². The van der Waals surface area contributed by atoms with Gasteiger partial charge in [-0.1, -0.05) is 19.1 Å². The van der Waals surface area contributed by atoms with Crippen molar-refractivity contribution >= 4 is 23.2 Å². The Kier molecular flexibility index (Phi) is 4.20. The Balaban J connectivity index is 2.30. The molecule has 1 heterocycles. The van der Waals surface area contributed by atoms with Gasteiger partial charge in [0.25, 0.3) is 0 Å². The minimum absolute atomic E-state index is 0.312. The van der Waals surface area contributed by atoms with E-state index < -0.39 is 5.97 Å². The zero-order valence-electron chi connectivity index (χ0n) is 11.5. The SMILES string of the molecule is CCc1ccc(Nc2ncc(N)cc2C(=O)OC)cc1. The number of nitrogen functional groups attached to an aromatic ring is 1. The average Bonchev–Trinajstić information content (AvgIpc) is 2.49. The number of aryl methyl sites for hydroxylation is 1. The minimum Gasteiger partial charge on any atom is -0.465 e. The molecule has 0 aliphatic rings. The Labute approximate surface area is 117 Å². The molecule has 0 amide bonds. The molecule has 0 unspecified atom stereocenters. The first-order chi connectivity index (χ1) is 9.63. The summed E-state index contributed by atoms with van der Waals surface area (Å²) in [5, 5.41) is 3.10. The highest BCUT2D eigenvalue weighted by Crippen LogP contribution is 2.21. The summed E-state index contributed by atoms with van der Waals surface area (Å²) in [4.78, 5) is 15.9. The van der Waals surface area contributed by atoms with Crippen molar-refractivity contribution in [3.63, 3.8) is 0 Å². The molecule has 0 radical (unpaired) electrons. The molecule has 5 heteroatoms. The summed E-state index contributed by atoms with van der Waals surface area (Å²) in [7, 11) is 1.32. The first-order valence-electron chi connectivity index (χ1n) is 6.34. The van der Waals surface area contributed by atoms with Crippen molar-refractivity contribution in [2.24, 2.45) is 0 Å². The van der Waals surface area contributed by atoms with Crippen molar-refractivity contribution in [2.75, 3.05) is 18.2 Å². The molecule has 3 N–H and O–H groups in total. The maximum Gasteiger partial charge on any atom is 0.341 e. The fraction of sp³-hybridized carbons (Fsp3) is 0.200. The van der Waals surface area contributed by atoms with Crippen molar-refractivity contribution in [1.29, 1.82) is 0 Å². The standard InChI is InChI=1S/C15H17N3O2/c1-3-10-4-6-12(7-5-10)18-14-13(15(19)20-2)8-11(16)9-17-14/h4-9H,3,16H2,1-2H3,(H,17,18). The van der Waals surface area contributed by atoms with Crippen LogP contribution < -0.4 is 11.1 Å². The summed E-state index contributed by atoms with van der Waals surface area (Å²) in [6.45, 7) is 2.10. The molecule has 1 aromatic carbocycles. The second kappa shape index (κ2) is 6.06. The first-order valence-corrected chi connectivity index (χ1v) is 6.34. The van der Waals surface area contributed by atoms with Gasteiger partial charge in [-0.25, -0.2) is 9.78 Å². The van der Waals surface area contributed by atoms with E-state index in [-0.39, 0.29) is 0 Å². The van der Waals surface area contributed by atoms with Gasteiger partial charge in [0.1, 0.15) is 11.4 Å². The molecule has 1 aromatic heterocycles. The number of carbonyl (C=O) groups excluding carboxylic acids is 1.